The van der Waals surface area contributed by atoms with Gasteiger partial charge < -0.3 is 9.47 Å². The minimum absolute atomic E-state index is 0.0595. The fraction of sp³-hybridized carbons (Fsp3) is 0.167. The summed E-state index contributed by atoms with van der Waals surface area (Å²) in [5.74, 6) is 0. The molecule has 6 aromatic rings. The number of benzene rings is 5. The maximum atomic E-state index is 2.48. The van der Waals surface area contributed by atoms with Gasteiger partial charge in [0.1, 0.15) is 0 Å². The molecular weight excluding hydrogens is 460 g/mol. The van der Waals surface area contributed by atoms with E-state index in [1.165, 1.54) is 72.4 Å². The van der Waals surface area contributed by atoms with Crippen molar-refractivity contribution in [2.75, 3.05) is 4.90 Å². The van der Waals surface area contributed by atoms with E-state index in [-0.39, 0.29) is 5.41 Å². The molecule has 0 saturated carbocycles. The Morgan fingerprint density at radius 3 is 2.03 bits per heavy atom. The summed E-state index contributed by atoms with van der Waals surface area (Å²) in [7, 11) is 0. The fourth-order valence-corrected chi connectivity index (χ4v) is 6.59. The van der Waals surface area contributed by atoms with Gasteiger partial charge in [0, 0.05) is 33.2 Å². The smallest absolute Gasteiger partial charge is 0.0582 e. The number of rotatable bonds is 3. The molecule has 7 rings (SSSR count). The molecule has 5 aromatic carbocycles. The van der Waals surface area contributed by atoms with E-state index < -0.39 is 0 Å². The van der Waals surface area contributed by atoms with Crippen LogP contribution in [0.25, 0.3) is 27.5 Å². The Balaban J connectivity index is 1.54. The Bertz CT molecular complexity index is 1870. The largest absolute Gasteiger partial charge is 0.310 e. The van der Waals surface area contributed by atoms with Crippen LogP contribution in [0.5, 0.6) is 0 Å². The van der Waals surface area contributed by atoms with Gasteiger partial charge in [-0.15, -0.1) is 0 Å². The van der Waals surface area contributed by atoms with Gasteiger partial charge in [-0.3, -0.25) is 0 Å². The molecule has 0 saturated heterocycles. The molecule has 2 nitrogen and oxygen atoms in total. The zero-order chi connectivity index (χ0) is 26.2. The van der Waals surface area contributed by atoms with Crippen LogP contribution in [0.3, 0.4) is 0 Å². The van der Waals surface area contributed by atoms with E-state index in [0.717, 1.165) is 0 Å². The summed E-state index contributed by atoms with van der Waals surface area (Å²) in [6, 6.07) is 38.3. The normalized spacial score (nSPS) is 13.6. The SMILES string of the molecule is Cc1cccc(N(c2cc(C)cc(C)c2)c2ccc3c(c2)c2cccc4c2n3-c2ccccc2C4(C)C)c1. The van der Waals surface area contributed by atoms with Gasteiger partial charge in [-0.2, -0.15) is 0 Å². The molecule has 0 unspecified atom stereocenters. The van der Waals surface area contributed by atoms with Crippen molar-refractivity contribution >= 4 is 38.9 Å². The van der Waals surface area contributed by atoms with Crippen LogP contribution in [-0.2, 0) is 5.41 Å². The predicted octanol–water partition coefficient (Wildman–Crippen LogP) is 9.82. The molecule has 1 aliphatic heterocycles. The number of hydrogen-bond acceptors (Lipinski definition) is 1. The van der Waals surface area contributed by atoms with Crippen LogP contribution in [0, 0.1) is 20.8 Å². The third-order valence-corrected chi connectivity index (χ3v) is 8.25. The summed E-state index contributed by atoms with van der Waals surface area (Å²) < 4.78 is 2.48. The third kappa shape index (κ3) is 3.26. The van der Waals surface area contributed by atoms with Crippen molar-refractivity contribution in [3.8, 4) is 5.69 Å². The van der Waals surface area contributed by atoms with Crippen molar-refractivity contribution in [1.29, 1.82) is 0 Å². The molecule has 2 heterocycles. The highest BCUT2D eigenvalue weighted by Gasteiger charge is 2.34. The topological polar surface area (TPSA) is 8.17 Å². The van der Waals surface area contributed by atoms with E-state index in [0.29, 0.717) is 0 Å². The van der Waals surface area contributed by atoms with E-state index in [9.17, 15) is 0 Å². The predicted molar refractivity (Wildman–Crippen MR) is 162 cm³/mol. The number of aromatic nitrogens is 1. The lowest BCUT2D eigenvalue weighted by molar-refractivity contribution is 0.630. The zero-order valence-corrected chi connectivity index (χ0v) is 22.7. The number of fused-ring (bicyclic) bond motifs is 5. The first kappa shape index (κ1) is 22.9. The molecule has 0 bridgehead atoms. The summed E-state index contributed by atoms with van der Waals surface area (Å²) >= 11 is 0. The van der Waals surface area contributed by atoms with E-state index in [1.54, 1.807) is 0 Å². The van der Waals surface area contributed by atoms with Gasteiger partial charge in [-0.25, -0.2) is 0 Å². The lowest BCUT2D eigenvalue weighted by Crippen LogP contribution is -2.26. The van der Waals surface area contributed by atoms with Gasteiger partial charge in [0.15, 0.2) is 0 Å². The maximum Gasteiger partial charge on any atom is 0.0582 e. The molecule has 1 aliphatic rings. The molecule has 0 radical (unpaired) electrons. The van der Waals surface area contributed by atoms with Gasteiger partial charge in [-0.1, -0.05) is 68.4 Å². The Morgan fingerprint density at radius 1 is 0.553 bits per heavy atom. The standard InChI is InChI=1S/C36H32N2/c1-23-10-8-11-26(19-23)37(28-20-24(2)18-25(3)21-28)27-16-17-33-30(22-27)29-12-9-14-32-35(29)38(33)34-15-7-6-13-31(34)36(32,4)5/h6-22H,1-5H3. The first-order valence-electron chi connectivity index (χ1n) is 13.5. The maximum absolute atomic E-state index is 2.48. The molecule has 38 heavy (non-hydrogen) atoms. The molecule has 1 aromatic heterocycles. The van der Waals surface area contributed by atoms with Crippen LogP contribution in [0.1, 0.15) is 41.7 Å². The van der Waals surface area contributed by atoms with Gasteiger partial charge in [0.05, 0.1) is 16.7 Å². The Morgan fingerprint density at radius 2 is 1.24 bits per heavy atom. The second-order valence-electron chi connectivity index (χ2n) is 11.4. The molecular formula is C36H32N2. The molecule has 186 valence electrons. The minimum atomic E-state index is -0.0595. The van der Waals surface area contributed by atoms with E-state index >= 15 is 0 Å². The lowest BCUT2D eigenvalue weighted by atomic mass is 9.75. The quantitative estimate of drug-likeness (QED) is 0.239. The molecule has 0 atom stereocenters. The van der Waals surface area contributed by atoms with Crippen molar-refractivity contribution in [3.05, 3.63) is 131 Å². The Labute approximate surface area is 224 Å². The highest BCUT2D eigenvalue weighted by Crippen LogP contribution is 2.48. The average Bonchev–Trinajstić information content (AvgIpc) is 3.22. The van der Waals surface area contributed by atoms with Crippen LogP contribution in [0.4, 0.5) is 17.1 Å². The molecule has 2 heteroatoms. The number of para-hydroxylation sites is 2. The minimum Gasteiger partial charge on any atom is -0.310 e. The van der Waals surface area contributed by atoms with Gasteiger partial charge in [0.2, 0.25) is 0 Å². The summed E-state index contributed by atoms with van der Waals surface area (Å²) in [6.07, 6.45) is 0. The van der Waals surface area contributed by atoms with Crippen molar-refractivity contribution in [3.63, 3.8) is 0 Å². The zero-order valence-electron chi connectivity index (χ0n) is 22.7. The molecule has 0 N–H and O–H groups in total. The van der Waals surface area contributed by atoms with Crippen LogP contribution in [0.2, 0.25) is 0 Å². The number of aryl methyl sites for hydroxylation is 3. The number of hydrogen-bond donors (Lipinski definition) is 0. The fourth-order valence-electron chi connectivity index (χ4n) is 6.59. The van der Waals surface area contributed by atoms with Gasteiger partial charge in [0.25, 0.3) is 0 Å². The summed E-state index contributed by atoms with van der Waals surface area (Å²) in [4.78, 5) is 2.40. The second-order valence-corrected chi connectivity index (χ2v) is 11.4. The summed E-state index contributed by atoms with van der Waals surface area (Å²) in [5.41, 5.74) is 13.9. The number of nitrogens with zero attached hydrogens (tertiary/aromatic N) is 2. The average molecular weight is 493 g/mol. The molecule has 0 aliphatic carbocycles. The van der Waals surface area contributed by atoms with E-state index in [2.05, 4.69) is 147 Å². The van der Waals surface area contributed by atoms with Crippen LogP contribution in [0.15, 0.2) is 103 Å². The monoisotopic (exact) mass is 492 g/mol. The second kappa shape index (κ2) is 8.10. The Kier molecular flexibility index (Phi) is 4.87. The highest BCUT2D eigenvalue weighted by atomic mass is 15.1. The summed E-state index contributed by atoms with van der Waals surface area (Å²) in [5, 5.41) is 2.60. The molecule has 0 spiro atoms. The van der Waals surface area contributed by atoms with Gasteiger partial charge >= 0.3 is 0 Å². The summed E-state index contributed by atoms with van der Waals surface area (Å²) in [6.45, 7) is 11.2. The van der Waals surface area contributed by atoms with Crippen molar-refractivity contribution in [2.24, 2.45) is 0 Å². The van der Waals surface area contributed by atoms with Crippen LogP contribution < -0.4 is 4.90 Å². The Hall–Kier alpha value is -4.30. The molecule has 0 amide bonds. The van der Waals surface area contributed by atoms with Crippen molar-refractivity contribution < 1.29 is 0 Å². The first-order valence-corrected chi connectivity index (χ1v) is 13.5. The third-order valence-electron chi connectivity index (χ3n) is 8.25. The lowest BCUT2D eigenvalue weighted by Gasteiger charge is -2.34. The van der Waals surface area contributed by atoms with Crippen LogP contribution in [-0.4, -0.2) is 4.57 Å². The van der Waals surface area contributed by atoms with Crippen molar-refractivity contribution in [2.45, 2.75) is 40.0 Å². The highest BCUT2D eigenvalue weighted by molar-refractivity contribution is 6.12. The van der Waals surface area contributed by atoms with Gasteiger partial charge in [-0.05, 0) is 97.1 Å². The van der Waals surface area contributed by atoms with E-state index in [4.69, 9.17) is 0 Å². The van der Waals surface area contributed by atoms with Crippen LogP contribution >= 0.6 is 0 Å². The molecule has 0 fully saturated rings. The van der Waals surface area contributed by atoms with E-state index in [1.807, 2.05) is 0 Å². The number of anilines is 3. The first-order chi connectivity index (χ1) is 18.3. The van der Waals surface area contributed by atoms with Crippen molar-refractivity contribution in [1.82, 2.24) is 4.57 Å².